The molecule has 0 aromatic carbocycles. The van der Waals surface area contributed by atoms with Gasteiger partial charge in [0.1, 0.15) is 5.69 Å². The lowest BCUT2D eigenvalue weighted by atomic mass is 10.3. The molecular formula is C8H7NO3. The van der Waals surface area contributed by atoms with E-state index in [9.17, 15) is 4.79 Å². The maximum Gasteiger partial charge on any atom is 0.373 e. The molecule has 62 valence electrons. The minimum Gasteiger partial charge on any atom is -0.293 e. The van der Waals surface area contributed by atoms with Crippen LogP contribution in [0.5, 0.6) is 0 Å². The summed E-state index contributed by atoms with van der Waals surface area (Å²) in [6, 6.07) is 5.28. The number of carbonyl (C=O) groups excluding carboxylic acids is 3. The van der Waals surface area contributed by atoms with Crippen LogP contribution >= 0.6 is 0 Å². The summed E-state index contributed by atoms with van der Waals surface area (Å²) >= 11 is 0. The lowest BCUT2D eigenvalue weighted by molar-refractivity contribution is -0.191. The molecule has 0 fully saturated rings. The molecule has 1 aromatic rings. The number of Topliss-reactive ketones (excluding diaryl/α,β-unsaturated/α-hetero) is 1. The number of carbonyl (C=O) groups is 1. The molecule has 1 heterocycles. The molecule has 0 radical (unpaired) electrons. The molecule has 0 saturated heterocycles. The van der Waals surface area contributed by atoms with E-state index in [-0.39, 0.29) is 11.9 Å². The summed E-state index contributed by atoms with van der Waals surface area (Å²) in [6.45, 7) is 1.50. The third-order valence-electron chi connectivity index (χ3n) is 1.03. The molecule has 0 amide bonds. The molecule has 1 rings (SSSR count). The number of ketones is 1. The van der Waals surface area contributed by atoms with Gasteiger partial charge in [-0.05, 0) is 12.1 Å². The Hall–Kier alpha value is -1.80. The van der Waals surface area contributed by atoms with Crippen LogP contribution in [-0.2, 0) is 9.59 Å². The average molecular weight is 165 g/mol. The van der Waals surface area contributed by atoms with Crippen molar-refractivity contribution in [3.8, 4) is 0 Å². The number of pyridine rings is 1. The molecule has 0 N–H and O–H groups in total. The van der Waals surface area contributed by atoms with Gasteiger partial charge >= 0.3 is 6.15 Å². The summed E-state index contributed by atoms with van der Waals surface area (Å²) in [7, 11) is 0. The van der Waals surface area contributed by atoms with Gasteiger partial charge in [0.05, 0.1) is 0 Å². The van der Waals surface area contributed by atoms with E-state index in [1.165, 1.54) is 6.92 Å². The van der Waals surface area contributed by atoms with Crippen molar-refractivity contribution in [2.45, 2.75) is 6.92 Å². The lowest BCUT2D eigenvalue weighted by Gasteiger charge is -1.88. The summed E-state index contributed by atoms with van der Waals surface area (Å²) < 4.78 is 0. The smallest absolute Gasteiger partial charge is 0.293 e. The fraction of sp³-hybridized carbons (Fsp3) is 0.125. The Morgan fingerprint density at radius 3 is 2.25 bits per heavy atom. The topological polar surface area (TPSA) is 64.1 Å². The molecule has 0 aliphatic carbocycles. The van der Waals surface area contributed by atoms with Crippen LogP contribution in [0.25, 0.3) is 0 Å². The molecule has 0 saturated carbocycles. The van der Waals surface area contributed by atoms with Gasteiger partial charge in [-0.2, -0.15) is 9.59 Å². The van der Waals surface area contributed by atoms with E-state index >= 15 is 0 Å². The highest BCUT2D eigenvalue weighted by Gasteiger charge is 1.94. The van der Waals surface area contributed by atoms with Crippen LogP contribution in [-0.4, -0.2) is 16.9 Å². The van der Waals surface area contributed by atoms with Crippen LogP contribution in [0.3, 0.4) is 0 Å². The Morgan fingerprint density at radius 2 is 2.00 bits per heavy atom. The van der Waals surface area contributed by atoms with Crippen molar-refractivity contribution >= 4 is 11.9 Å². The zero-order valence-electron chi connectivity index (χ0n) is 6.48. The third kappa shape index (κ3) is 4.09. The van der Waals surface area contributed by atoms with Crippen LogP contribution < -0.4 is 0 Å². The second-order valence-electron chi connectivity index (χ2n) is 1.85. The van der Waals surface area contributed by atoms with E-state index in [2.05, 4.69) is 4.98 Å². The molecule has 0 aliphatic heterocycles. The van der Waals surface area contributed by atoms with E-state index in [0.29, 0.717) is 5.69 Å². The van der Waals surface area contributed by atoms with Crippen LogP contribution in [0, 0.1) is 0 Å². The lowest BCUT2D eigenvalue weighted by Crippen LogP contribution is -1.93. The minimum atomic E-state index is 0.00981. The monoisotopic (exact) mass is 165 g/mol. The van der Waals surface area contributed by atoms with Crippen molar-refractivity contribution < 1.29 is 14.4 Å². The zero-order valence-corrected chi connectivity index (χ0v) is 6.48. The molecule has 0 bridgehead atoms. The van der Waals surface area contributed by atoms with Gasteiger partial charge in [0.25, 0.3) is 0 Å². The first kappa shape index (κ1) is 10.2. The van der Waals surface area contributed by atoms with Gasteiger partial charge in [-0.3, -0.25) is 9.78 Å². The summed E-state index contributed by atoms with van der Waals surface area (Å²) in [6.07, 6.45) is 1.86. The number of hydrogen-bond donors (Lipinski definition) is 0. The van der Waals surface area contributed by atoms with Crippen molar-refractivity contribution in [3.05, 3.63) is 30.1 Å². The first-order valence-corrected chi connectivity index (χ1v) is 3.13. The molecule has 4 nitrogen and oxygen atoms in total. The molecule has 0 aliphatic rings. The molecule has 0 unspecified atom stereocenters. The van der Waals surface area contributed by atoms with Crippen LogP contribution in [0.4, 0.5) is 0 Å². The number of nitrogens with zero attached hydrogens (tertiary/aromatic N) is 1. The second kappa shape index (κ2) is 5.95. The van der Waals surface area contributed by atoms with E-state index in [4.69, 9.17) is 9.59 Å². The van der Waals surface area contributed by atoms with Crippen LogP contribution in [0.15, 0.2) is 24.4 Å². The van der Waals surface area contributed by atoms with Gasteiger partial charge in [0.15, 0.2) is 5.78 Å². The van der Waals surface area contributed by atoms with Gasteiger partial charge in [-0.15, -0.1) is 0 Å². The summed E-state index contributed by atoms with van der Waals surface area (Å²) in [4.78, 5) is 30.7. The standard InChI is InChI=1S/C7H7NO.CO2/c1-6(9)7-4-2-3-5-8-7;2-1-3/h2-5H,1H3;. The van der Waals surface area contributed by atoms with Crippen molar-refractivity contribution in [2.75, 3.05) is 0 Å². The SMILES string of the molecule is CC(=O)c1ccccn1.O=C=O. The van der Waals surface area contributed by atoms with E-state index in [1.807, 2.05) is 0 Å². The normalized spacial score (nSPS) is 7.42. The van der Waals surface area contributed by atoms with Gasteiger partial charge in [0.2, 0.25) is 0 Å². The summed E-state index contributed by atoms with van der Waals surface area (Å²) in [5.41, 5.74) is 0.525. The van der Waals surface area contributed by atoms with E-state index < -0.39 is 0 Å². The predicted molar refractivity (Wildman–Crippen MR) is 39.2 cm³/mol. The first-order valence-electron chi connectivity index (χ1n) is 3.13. The molecular weight excluding hydrogens is 158 g/mol. The summed E-state index contributed by atoms with van der Waals surface area (Å²) in [5, 5.41) is 0. The number of hydrogen-bond acceptors (Lipinski definition) is 4. The highest BCUT2D eigenvalue weighted by molar-refractivity contribution is 5.91. The predicted octanol–water partition coefficient (Wildman–Crippen LogP) is 0.701. The number of aromatic nitrogens is 1. The van der Waals surface area contributed by atoms with Crippen LogP contribution in [0.2, 0.25) is 0 Å². The molecule has 4 heteroatoms. The maximum absolute atomic E-state index is 10.6. The van der Waals surface area contributed by atoms with Crippen molar-refractivity contribution in [1.82, 2.24) is 4.98 Å². The third-order valence-corrected chi connectivity index (χ3v) is 1.03. The molecule has 0 atom stereocenters. The quantitative estimate of drug-likeness (QED) is 0.574. The van der Waals surface area contributed by atoms with Gasteiger partial charge < -0.3 is 0 Å². The van der Waals surface area contributed by atoms with Crippen molar-refractivity contribution in [1.29, 1.82) is 0 Å². The summed E-state index contributed by atoms with van der Waals surface area (Å²) in [5.74, 6) is 0.00981. The van der Waals surface area contributed by atoms with E-state index in [1.54, 1.807) is 24.4 Å². The largest absolute Gasteiger partial charge is 0.373 e. The second-order valence-corrected chi connectivity index (χ2v) is 1.85. The Morgan fingerprint density at radius 1 is 1.42 bits per heavy atom. The average Bonchev–Trinajstić information content (AvgIpc) is 2.07. The molecule has 0 spiro atoms. The zero-order chi connectivity index (χ0) is 9.40. The highest BCUT2D eigenvalue weighted by Crippen LogP contribution is 1.92. The van der Waals surface area contributed by atoms with Crippen LogP contribution in [0.1, 0.15) is 17.4 Å². The van der Waals surface area contributed by atoms with E-state index in [0.717, 1.165) is 0 Å². The van der Waals surface area contributed by atoms with Gasteiger partial charge in [0, 0.05) is 13.1 Å². The van der Waals surface area contributed by atoms with Crippen molar-refractivity contribution in [2.24, 2.45) is 0 Å². The fourth-order valence-electron chi connectivity index (χ4n) is 0.571. The highest BCUT2D eigenvalue weighted by atomic mass is 16.2. The Balaban J connectivity index is 0.000000354. The minimum absolute atomic E-state index is 0.00981. The fourth-order valence-corrected chi connectivity index (χ4v) is 0.571. The Labute approximate surface area is 69.2 Å². The molecule has 1 aromatic heterocycles. The van der Waals surface area contributed by atoms with Gasteiger partial charge in [-0.25, -0.2) is 0 Å². The maximum atomic E-state index is 10.6. The van der Waals surface area contributed by atoms with Crippen molar-refractivity contribution in [3.63, 3.8) is 0 Å². The Bertz CT molecular complexity index is 276. The van der Waals surface area contributed by atoms with Gasteiger partial charge in [-0.1, -0.05) is 6.07 Å². The molecule has 12 heavy (non-hydrogen) atoms. The Kier molecular flexibility index (Phi) is 5.05. The number of rotatable bonds is 1. The first-order chi connectivity index (χ1) is 5.72.